The lowest BCUT2D eigenvalue weighted by molar-refractivity contribution is -0.0123. The van der Waals surface area contributed by atoms with Crippen molar-refractivity contribution >= 4 is 23.5 Å². The third kappa shape index (κ3) is 4.38. The fourth-order valence-corrected chi connectivity index (χ4v) is 3.13. The molecule has 0 bridgehead atoms. The van der Waals surface area contributed by atoms with Crippen LogP contribution in [0.25, 0.3) is 11.3 Å². The monoisotopic (exact) mass is 394 g/mol. The molecule has 0 unspecified atom stereocenters. The van der Waals surface area contributed by atoms with Crippen molar-refractivity contribution in [2.75, 3.05) is 11.4 Å². The van der Waals surface area contributed by atoms with Gasteiger partial charge < -0.3 is 4.74 Å². The maximum absolute atomic E-state index is 14.6. The van der Waals surface area contributed by atoms with Crippen LogP contribution in [0.5, 0.6) is 0 Å². The van der Waals surface area contributed by atoms with E-state index in [4.69, 9.17) is 16.3 Å². The summed E-state index contributed by atoms with van der Waals surface area (Å²) in [6.07, 6.45) is -0.885. The van der Waals surface area contributed by atoms with E-state index in [1.807, 2.05) is 0 Å². The molecule has 7 heteroatoms. The van der Waals surface area contributed by atoms with Gasteiger partial charge in [0.2, 0.25) is 0 Å². The molecule has 144 valence electrons. The van der Waals surface area contributed by atoms with Crippen LogP contribution in [0.4, 0.5) is 19.4 Å². The number of nitrogens with zero attached hydrogens (tertiary/aromatic N) is 2. The number of benzene rings is 1. The first-order valence-electron chi connectivity index (χ1n) is 8.73. The average molecular weight is 395 g/mol. The molecule has 0 aliphatic carbocycles. The summed E-state index contributed by atoms with van der Waals surface area (Å²) >= 11 is 6.03. The molecule has 1 aliphatic heterocycles. The van der Waals surface area contributed by atoms with Gasteiger partial charge in [-0.05, 0) is 51.5 Å². The van der Waals surface area contributed by atoms with E-state index < -0.39 is 17.6 Å². The first-order chi connectivity index (χ1) is 12.6. The van der Waals surface area contributed by atoms with Gasteiger partial charge in [-0.1, -0.05) is 23.7 Å². The highest BCUT2D eigenvalue weighted by atomic mass is 35.5. The first kappa shape index (κ1) is 19.5. The van der Waals surface area contributed by atoms with Gasteiger partial charge >= 0.3 is 6.09 Å². The molecule has 0 spiro atoms. The van der Waals surface area contributed by atoms with Crippen LogP contribution in [0.2, 0.25) is 5.02 Å². The number of ether oxygens (including phenoxy) is 1. The van der Waals surface area contributed by atoms with Crippen LogP contribution < -0.4 is 4.90 Å². The number of rotatable bonds is 1. The molecule has 27 heavy (non-hydrogen) atoms. The molecule has 0 fully saturated rings. The van der Waals surface area contributed by atoms with Crippen LogP contribution in [0.15, 0.2) is 36.4 Å². The Balaban J connectivity index is 2.10. The second-order valence-corrected chi connectivity index (χ2v) is 7.95. The molecule has 2 aromatic rings. The van der Waals surface area contributed by atoms with Gasteiger partial charge in [0.1, 0.15) is 11.4 Å². The second-order valence-electron chi connectivity index (χ2n) is 7.52. The summed E-state index contributed by atoms with van der Waals surface area (Å²) in [6.45, 7) is 5.31. The minimum absolute atomic E-state index is 0.0655. The van der Waals surface area contributed by atoms with Crippen molar-refractivity contribution in [2.24, 2.45) is 0 Å². The summed E-state index contributed by atoms with van der Waals surface area (Å²) in [5.41, 5.74) is 0.137. The number of alkyl halides is 2. The number of anilines is 1. The Hall–Kier alpha value is -2.21. The predicted octanol–water partition coefficient (Wildman–Crippen LogP) is 6.03. The van der Waals surface area contributed by atoms with E-state index >= 15 is 0 Å². The highest BCUT2D eigenvalue weighted by Gasteiger charge is 2.40. The van der Waals surface area contributed by atoms with Crippen molar-refractivity contribution in [2.45, 2.75) is 45.1 Å². The SMILES string of the molecule is CC(C)(C)OC(=O)N1CCCC(F)(F)c2ccc(-c3cccc(Cl)c3)nc21. The molecule has 0 atom stereocenters. The van der Waals surface area contributed by atoms with Crippen LogP contribution in [-0.4, -0.2) is 23.2 Å². The second kappa shape index (κ2) is 7.08. The zero-order chi connectivity index (χ0) is 19.8. The van der Waals surface area contributed by atoms with E-state index in [1.165, 1.54) is 17.0 Å². The zero-order valence-electron chi connectivity index (χ0n) is 15.4. The van der Waals surface area contributed by atoms with E-state index in [2.05, 4.69) is 4.98 Å². The number of carbonyl (C=O) groups excluding carboxylic acids is 1. The van der Waals surface area contributed by atoms with E-state index in [-0.39, 0.29) is 30.8 Å². The van der Waals surface area contributed by atoms with E-state index in [1.54, 1.807) is 45.0 Å². The summed E-state index contributed by atoms with van der Waals surface area (Å²) < 4.78 is 34.6. The molecular formula is C20H21ClF2N2O2. The van der Waals surface area contributed by atoms with Crippen LogP contribution in [0.3, 0.4) is 0 Å². The van der Waals surface area contributed by atoms with Crippen molar-refractivity contribution in [1.82, 2.24) is 4.98 Å². The van der Waals surface area contributed by atoms with E-state index in [9.17, 15) is 13.6 Å². The number of aromatic nitrogens is 1. The van der Waals surface area contributed by atoms with Gasteiger partial charge in [-0.2, -0.15) is 0 Å². The number of amides is 1. The van der Waals surface area contributed by atoms with Gasteiger partial charge in [0.25, 0.3) is 5.92 Å². The number of hydrogen-bond donors (Lipinski definition) is 0. The Bertz CT molecular complexity index is 865. The Morgan fingerprint density at radius 3 is 2.67 bits per heavy atom. The fraction of sp³-hybridized carbons (Fsp3) is 0.400. The predicted molar refractivity (Wildman–Crippen MR) is 101 cm³/mol. The molecule has 3 rings (SSSR count). The summed E-state index contributed by atoms with van der Waals surface area (Å²) in [7, 11) is 0. The number of fused-ring (bicyclic) bond motifs is 1. The van der Waals surface area contributed by atoms with Gasteiger partial charge in [0.05, 0.1) is 11.3 Å². The summed E-state index contributed by atoms with van der Waals surface area (Å²) in [4.78, 5) is 18.2. The molecule has 4 nitrogen and oxygen atoms in total. The average Bonchev–Trinajstić information content (AvgIpc) is 2.69. The van der Waals surface area contributed by atoms with E-state index in [0.29, 0.717) is 16.3 Å². The maximum atomic E-state index is 14.6. The Kier molecular flexibility index (Phi) is 5.12. The quantitative estimate of drug-likeness (QED) is 0.593. The largest absolute Gasteiger partial charge is 0.443 e. The van der Waals surface area contributed by atoms with Crippen LogP contribution in [0.1, 0.15) is 39.2 Å². The smallest absolute Gasteiger partial charge is 0.416 e. The number of hydrogen-bond acceptors (Lipinski definition) is 3. The lowest BCUT2D eigenvalue weighted by atomic mass is 10.0. The Morgan fingerprint density at radius 1 is 1.26 bits per heavy atom. The summed E-state index contributed by atoms with van der Waals surface area (Å²) in [5.74, 6) is -3.13. The minimum Gasteiger partial charge on any atom is -0.443 e. The molecule has 1 aromatic heterocycles. The van der Waals surface area contributed by atoms with Crippen molar-refractivity contribution in [3.8, 4) is 11.3 Å². The Morgan fingerprint density at radius 2 is 2.00 bits per heavy atom. The molecular weight excluding hydrogens is 374 g/mol. The lowest BCUT2D eigenvalue weighted by Crippen LogP contribution is -2.38. The topological polar surface area (TPSA) is 42.4 Å². The van der Waals surface area contributed by atoms with Gasteiger partial charge in [-0.15, -0.1) is 0 Å². The van der Waals surface area contributed by atoms with Gasteiger partial charge in [0.15, 0.2) is 0 Å². The van der Waals surface area contributed by atoms with Crippen molar-refractivity contribution < 1.29 is 18.3 Å². The maximum Gasteiger partial charge on any atom is 0.416 e. The van der Waals surface area contributed by atoms with Crippen molar-refractivity contribution in [1.29, 1.82) is 0 Å². The normalized spacial score (nSPS) is 16.4. The standard InChI is InChI=1S/C20H21ClF2N2O2/c1-19(2,3)27-18(26)25-11-5-10-20(22,23)15-8-9-16(24-17(15)25)13-6-4-7-14(21)12-13/h4,6-9,12H,5,10-11H2,1-3H3. The molecule has 0 saturated carbocycles. The number of carbonyl (C=O) groups is 1. The highest BCUT2D eigenvalue weighted by molar-refractivity contribution is 6.30. The Labute approximate surface area is 162 Å². The minimum atomic E-state index is -3.06. The molecule has 0 saturated heterocycles. The summed E-state index contributed by atoms with van der Waals surface area (Å²) in [6, 6.07) is 9.81. The molecule has 1 aliphatic rings. The third-order valence-corrected chi connectivity index (χ3v) is 4.37. The number of pyridine rings is 1. The van der Waals surface area contributed by atoms with Crippen molar-refractivity contribution in [3.05, 3.63) is 47.0 Å². The molecule has 0 radical (unpaired) electrons. The van der Waals surface area contributed by atoms with Crippen LogP contribution >= 0.6 is 11.6 Å². The molecule has 2 heterocycles. The van der Waals surface area contributed by atoms with Gasteiger partial charge in [-0.25, -0.2) is 18.6 Å². The first-order valence-corrected chi connectivity index (χ1v) is 9.10. The number of halogens is 3. The van der Waals surface area contributed by atoms with Crippen molar-refractivity contribution in [3.63, 3.8) is 0 Å². The van der Waals surface area contributed by atoms with Crippen LogP contribution in [0, 0.1) is 0 Å². The zero-order valence-corrected chi connectivity index (χ0v) is 16.2. The third-order valence-electron chi connectivity index (χ3n) is 4.13. The van der Waals surface area contributed by atoms with E-state index in [0.717, 1.165) is 0 Å². The molecule has 0 N–H and O–H groups in total. The molecule has 1 aromatic carbocycles. The highest BCUT2D eigenvalue weighted by Crippen LogP contribution is 2.42. The molecule has 1 amide bonds. The van der Waals surface area contributed by atoms with Crippen LogP contribution in [-0.2, 0) is 10.7 Å². The van der Waals surface area contributed by atoms with Gasteiger partial charge in [0, 0.05) is 23.6 Å². The van der Waals surface area contributed by atoms with Gasteiger partial charge in [-0.3, -0.25) is 4.90 Å². The lowest BCUT2D eigenvalue weighted by Gasteiger charge is -2.27. The fourth-order valence-electron chi connectivity index (χ4n) is 2.94. The summed E-state index contributed by atoms with van der Waals surface area (Å²) in [5, 5.41) is 0.513.